The summed E-state index contributed by atoms with van der Waals surface area (Å²) in [5.74, 6) is -0.0466. The number of nitrogens with zero attached hydrogens (tertiary/aromatic N) is 2. The van der Waals surface area contributed by atoms with E-state index < -0.39 is 0 Å². The average Bonchev–Trinajstić information content (AvgIpc) is 2.46. The van der Waals surface area contributed by atoms with E-state index in [1.165, 1.54) is 17.3 Å². The van der Waals surface area contributed by atoms with Gasteiger partial charge in [-0.05, 0) is 37.5 Å². The quantitative estimate of drug-likeness (QED) is 0.863. The van der Waals surface area contributed by atoms with E-state index in [9.17, 15) is 4.79 Å². The number of pyridine rings is 1. The van der Waals surface area contributed by atoms with Gasteiger partial charge in [-0.25, -0.2) is 0 Å². The molecule has 2 heterocycles. The van der Waals surface area contributed by atoms with Gasteiger partial charge in [0.2, 0.25) is 0 Å². The number of hydrogen-bond acceptors (Lipinski definition) is 3. The van der Waals surface area contributed by atoms with E-state index in [1.807, 2.05) is 17.0 Å². The lowest BCUT2D eigenvalue weighted by molar-refractivity contribution is 0.0986. The number of benzene rings is 1. The van der Waals surface area contributed by atoms with Crippen molar-refractivity contribution >= 4 is 17.3 Å². The number of hydrogen-bond donors (Lipinski definition) is 1. The molecule has 1 aromatic carbocycles. The van der Waals surface area contributed by atoms with Gasteiger partial charge in [-0.2, -0.15) is 0 Å². The number of fused-ring (bicyclic) bond motifs is 1. The number of carbonyl (C=O) groups is 1. The van der Waals surface area contributed by atoms with Gasteiger partial charge in [-0.1, -0.05) is 17.7 Å². The Morgan fingerprint density at radius 1 is 1.35 bits per heavy atom. The Morgan fingerprint density at radius 2 is 2.20 bits per heavy atom. The highest BCUT2D eigenvalue weighted by Crippen LogP contribution is 2.29. The first-order valence-corrected chi connectivity index (χ1v) is 6.77. The van der Waals surface area contributed by atoms with Crippen LogP contribution in [0.1, 0.15) is 27.9 Å². The molecule has 102 valence electrons. The van der Waals surface area contributed by atoms with Gasteiger partial charge in [-0.15, -0.1) is 0 Å². The highest BCUT2D eigenvalue weighted by molar-refractivity contribution is 6.09. The van der Waals surface area contributed by atoms with Gasteiger partial charge < -0.3 is 10.6 Å². The molecule has 4 heteroatoms. The molecule has 2 aromatic rings. The number of carbonyl (C=O) groups excluding carboxylic acids is 1. The number of aromatic nitrogens is 1. The van der Waals surface area contributed by atoms with Gasteiger partial charge in [-0.3, -0.25) is 9.78 Å². The van der Waals surface area contributed by atoms with Crippen LogP contribution < -0.4 is 10.6 Å². The molecule has 0 saturated carbocycles. The summed E-state index contributed by atoms with van der Waals surface area (Å²) in [6, 6.07) is 7.91. The molecule has 1 aliphatic rings. The van der Waals surface area contributed by atoms with E-state index in [1.54, 1.807) is 12.3 Å². The summed E-state index contributed by atoms with van der Waals surface area (Å²) in [5, 5.41) is 0. The van der Waals surface area contributed by atoms with Gasteiger partial charge in [0.25, 0.3) is 5.91 Å². The standard InChI is InChI=1S/C16H17N3O/c1-11-4-5-15-12(9-11)3-2-8-19(15)16(20)13-6-7-18-10-14(13)17/h4-7,9-10H,2-3,8,17H2,1H3. The van der Waals surface area contributed by atoms with Crippen LogP contribution >= 0.6 is 0 Å². The van der Waals surface area contributed by atoms with Crippen molar-refractivity contribution in [3.63, 3.8) is 0 Å². The van der Waals surface area contributed by atoms with Crippen molar-refractivity contribution in [2.75, 3.05) is 17.2 Å². The Bertz CT molecular complexity index is 667. The van der Waals surface area contributed by atoms with Crippen molar-refractivity contribution in [1.29, 1.82) is 0 Å². The minimum Gasteiger partial charge on any atom is -0.397 e. The third-order valence-corrected chi connectivity index (χ3v) is 3.68. The Morgan fingerprint density at radius 3 is 3.00 bits per heavy atom. The molecule has 0 spiro atoms. The summed E-state index contributed by atoms with van der Waals surface area (Å²) in [4.78, 5) is 18.4. The Kier molecular flexibility index (Phi) is 3.14. The van der Waals surface area contributed by atoms with Gasteiger partial charge in [0, 0.05) is 18.4 Å². The second kappa shape index (κ2) is 4.96. The van der Waals surface area contributed by atoms with E-state index in [4.69, 9.17) is 5.73 Å². The zero-order chi connectivity index (χ0) is 14.1. The minimum atomic E-state index is -0.0466. The molecule has 4 nitrogen and oxygen atoms in total. The van der Waals surface area contributed by atoms with Crippen molar-refractivity contribution in [1.82, 2.24) is 4.98 Å². The molecule has 3 rings (SSSR count). The van der Waals surface area contributed by atoms with Crippen LogP contribution in [0.3, 0.4) is 0 Å². The first kappa shape index (κ1) is 12.7. The predicted molar refractivity (Wildman–Crippen MR) is 79.8 cm³/mol. The van der Waals surface area contributed by atoms with Crippen LogP contribution in [0.25, 0.3) is 0 Å². The van der Waals surface area contributed by atoms with Gasteiger partial charge in [0.1, 0.15) is 0 Å². The fraction of sp³-hybridized carbons (Fsp3) is 0.250. The fourth-order valence-electron chi connectivity index (χ4n) is 2.68. The van der Waals surface area contributed by atoms with Crippen LogP contribution in [0.5, 0.6) is 0 Å². The van der Waals surface area contributed by atoms with E-state index >= 15 is 0 Å². The van der Waals surface area contributed by atoms with Crippen LogP contribution in [-0.2, 0) is 6.42 Å². The van der Waals surface area contributed by atoms with E-state index in [-0.39, 0.29) is 5.91 Å². The van der Waals surface area contributed by atoms with Crippen LogP contribution in [0, 0.1) is 6.92 Å². The maximum atomic E-state index is 12.7. The monoisotopic (exact) mass is 267 g/mol. The van der Waals surface area contributed by atoms with E-state index in [0.717, 1.165) is 25.1 Å². The lowest BCUT2D eigenvalue weighted by atomic mass is 9.99. The summed E-state index contributed by atoms with van der Waals surface area (Å²) < 4.78 is 0. The largest absolute Gasteiger partial charge is 0.397 e. The van der Waals surface area contributed by atoms with Crippen LogP contribution in [-0.4, -0.2) is 17.4 Å². The van der Waals surface area contributed by atoms with Crippen molar-refractivity contribution in [2.45, 2.75) is 19.8 Å². The summed E-state index contributed by atoms with van der Waals surface area (Å²) in [6.07, 6.45) is 5.12. The first-order chi connectivity index (χ1) is 9.66. The molecular weight excluding hydrogens is 250 g/mol. The Hall–Kier alpha value is -2.36. The van der Waals surface area contributed by atoms with Crippen molar-refractivity contribution < 1.29 is 4.79 Å². The van der Waals surface area contributed by atoms with Gasteiger partial charge in [0.15, 0.2) is 0 Å². The number of rotatable bonds is 1. The molecule has 2 N–H and O–H groups in total. The lowest BCUT2D eigenvalue weighted by Crippen LogP contribution is -2.35. The summed E-state index contributed by atoms with van der Waals surface area (Å²) in [7, 11) is 0. The molecule has 1 aliphatic heterocycles. The molecule has 0 fully saturated rings. The fourth-order valence-corrected chi connectivity index (χ4v) is 2.68. The lowest BCUT2D eigenvalue weighted by Gasteiger charge is -2.30. The summed E-state index contributed by atoms with van der Waals surface area (Å²) in [6.45, 7) is 2.80. The molecule has 1 amide bonds. The second-order valence-corrected chi connectivity index (χ2v) is 5.16. The zero-order valence-corrected chi connectivity index (χ0v) is 11.5. The molecule has 0 radical (unpaired) electrons. The van der Waals surface area contributed by atoms with Crippen molar-refractivity contribution in [2.24, 2.45) is 0 Å². The summed E-state index contributed by atoms with van der Waals surface area (Å²) >= 11 is 0. The minimum absolute atomic E-state index is 0.0466. The topological polar surface area (TPSA) is 59.2 Å². The van der Waals surface area contributed by atoms with Crippen LogP contribution in [0.15, 0.2) is 36.7 Å². The summed E-state index contributed by atoms with van der Waals surface area (Å²) in [5.41, 5.74) is 10.3. The number of nitrogens with two attached hydrogens (primary N) is 1. The van der Waals surface area contributed by atoms with Crippen LogP contribution in [0.2, 0.25) is 0 Å². The maximum Gasteiger partial charge on any atom is 0.260 e. The molecule has 1 aromatic heterocycles. The molecule has 0 saturated heterocycles. The SMILES string of the molecule is Cc1ccc2c(c1)CCCN2C(=O)c1ccncc1N. The van der Waals surface area contributed by atoms with Crippen molar-refractivity contribution in [3.8, 4) is 0 Å². The molecule has 0 atom stereocenters. The first-order valence-electron chi connectivity index (χ1n) is 6.77. The Balaban J connectivity index is 2.01. The average molecular weight is 267 g/mol. The van der Waals surface area contributed by atoms with E-state index in [0.29, 0.717) is 11.3 Å². The molecule has 0 unspecified atom stereocenters. The third kappa shape index (κ3) is 2.13. The second-order valence-electron chi connectivity index (χ2n) is 5.16. The molecule has 20 heavy (non-hydrogen) atoms. The zero-order valence-electron chi connectivity index (χ0n) is 11.5. The third-order valence-electron chi connectivity index (χ3n) is 3.68. The predicted octanol–water partition coefficient (Wildman–Crippen LogP) is 2.57. The Labute approximate surface area is 118 Å². The molecule has 0 aliphatic carbocycles. The van der Waals surface area contributed by atoms with Crippen LogP contribution in [0.4, 0.5) is 11.4 Å². The number of aryl methyl sites for hydroxylation is 2. The number of amides is 1. The number of anilines is 2. The van der Waals surface area contributed by atoms with E-state index in [2.05, 4.69) is 18.0 Å². The van der Waals surface area contributed by atoms with Crippen molar-refractivity contribution in [3.05, 3.63) is 53.3 Å². The maximum absolute atomic E-state index is 12.7. The molecule has 0 bridgehead atoms. The smallest absolute Gasteiger partial charge is 0.260 e. The van der Waals surface area contributed by atoms with Gasteiger partial charge in [0.05, 0.1) is 17.4 Å². The molecular formula is C16H17N3O. The van der Waals surface area contributed by atoms with Gasteiger partial charge >= 0.3 is 0 Å². The highest BCUT2D eigenvalue weighted by atomic mass is 16.2. The number of nitrogen functional groups attached to an aromatic ring is 1. The highest BCUT2D eigenvalue weighted by Gasteiger charge is 2.24. The normalized spacial score (nSPS) is 13.9.